The van der Waals surface area contributed by atoms with E-state index in [9.17, 15) is 9.59 Å². The van der Waals surface area contributed by atoms with E-state index < -0.39 is 5.97 Å². The number of carboxylic acid groups (broad SMARTS) is 1. The van der Waals surface area contributed by atoms with E-state index in [0.29, 0.717) is 18.8 Å². The van der Waals surface area contributed by atoms with Crippen LogP contribution in [0.4, 0.5) is 0 Å². The molecular formula is C12H16O5. The summed E-state index contributed by atoms with van der Waals surface area (Å²) in [5.74, 6) is -1.03. The third kappa shape index (κ3) is 4.72. The van der Waals surface area contributed by atoms with Gasteiger partial charge in [-0.25, -0.2) is 4.79 Å². The van der Waals surface area contributed by atoms with E-state index in [-0.39, 0.29) is 18.2 Å². The predicted molar refractivity (Wildman–Crippen MR) is 59.9 cm³/mol. The van der Waals surface area contributed by atoms with E-state index >= 15 is 0 Å². The van der Waals surface area contributed by atoms with Crippen LogP contribution in [0.5, 0.6) is 0 Å². The molecular weight excluding hydrogens is 224 g/mol. The van der Waals surface area contributed by atoms with Gasteiger partial charge in [0.1, 0.15) is 5.76 Å². The quantitative estimate of drug-likeness (QED) is 0.584. The van der Waals surface area contributed by atoms with Crippen LogP contribution in [0, 0.1) is 0 Å². The Balaban J connectivity index is 2.29. The van der Waals surface area contributed by atoms with Crippen molar-refractivity contribution in [1.82, 2.24) is 0 Å². The SMILES string of the molecule is CCCCOC(=O)CCc1ccc(C(=O)O)o1. The van der Waals surface area contributed by atoms with Crippen LogP contribution in [0.1, 0.15) is 42.5 Å². The van der Waals surface area contributed by atoms with E-state index in [1.807, 2.05) is 6.92 Å². The summed E-state index contributed by atoms with van der Waals surface area (Å²) in [5, 5.41) is 8.63. The summed E-state index contributed by atoms with van der Waals surface area (Å²) in [4.78, 5) is 21.8. The lowest BCUT2D eigenvalue weighted by Crippen LogP contribution is -2.06. The molecule has 17 heavy (non-hydrogen) atoms. The zero-order valence-corrected chi connectivity index (χ0v) is 9.77. The normalized spacial score (nSPS) is 10.2. The number of esters is 1. The number of carbonyl (C=O) groups is 2. The molecule has 0 aromatic carbocycles. The Labute approximate surface area is 99.4 Å². The summed E-state index contributed by atoms with van der Waals surface area (Å²) in [6.45, 7) is 2.46. The molecule has 0 saturated carbocycles. The molecule has 0 aliphatic carbocycles. The smallest absolute Gasteiger partial charge is 0.371 e. The van der Waals surface area contributed by atoms with Crippen molar-refractivity contribution < 1.29 is 23.8 Å². The van der Waals surface area contributed by atoms with Crippen molar-refractivity contribution in [2.75, 3.05) is 6.61 Å². The van der Waals surface area contributed by atoms with Crippen LogP contribution in [0.25, 0.3) is 0 Å². The van der Waals surface area contributed by atoms with E-state index in [2.05, 4.69) is 0 Å². The van der Waals surface area contributed by atoms with Crippen molar-refractivity contribution in [3.63, 3.8) is 0 Å². The Morgan fingerprint density at radius 2 is 2.18 bits per heavy atom. The molecule has 0 aliphatic heterocycles. The minimum absolute atomic E-state index is 0.112. The van der Waals surface area contributed by atoms with Gasteiger partial charge in [0.2, 0.25) is 5.76 Å². The van der Waals surface area contributed by atoms with E-state index in [1.165, 1.54) is 6.07 Å². The molecule has 0 atom stereocenters. The highest BCUT2D eigenvalue weighted by Gasteiger charge is 2.10. The van der Waals surface area contributed by atoms with Gasteiger partial charge in [-0.15, -0.1) is 0 Å². The number of hydrogen-bond donors (Lipinski definition) is 1. The van der Waals surface area contributed by atoms with Crippen molar-refractivity contribution >= 4 is 11.9 Å². The van der Waals surface area contributed by atoms with Gasteiger partial charge in [0.05, 0.1) is 13.0 Å². The largest absolute Gasteiger partial charge is 0.475 e. The highest BCUT2D eigenvalue weighted by Crippen LogP contribution is 2.10. The third-order valence-corrected chi connectivity index (χ3v) is 2.21. The summed E-state index contributed by atoms with van der Waals surface area (Å²) in [7, 11) is 0. The second-order valence-electron chi connectivity index (χ2n) is 3.65. The van der Waals surface area contributed by atoms with E-state index in [1.54, 1.807) is 6.07 Å². The molecule has 0 radical (unpaired) electrons. The zero-order chi connectivity index (χ0) is 12.7. The second kappa shape index (κ2) is 6.73. The maximum atomic E-state index is 11.3. The van der Waals surface area contributed by atoms with Gasteiger partial charge in [-0.3, -0.25) is 4.79 Å². The zero-order valence-electron chi connectivity index (χ0n) is 9.77. The van der Waals surface area contributed by atoms with Gasteiger partial charge in [-0.05, 0) is 18.6 Å². The van der Waals surface area contributed by atoms with Crippen LogP contribution < -0.4 is 0 Å². The first-order chi connectivity index (χ1) is 8.13. The first kappa shape index (κ1) is 13.3. The molecule has 0 fully saturated rings. The molecule has 1 heterocycles. The van der Waals surface area contributed by atoms with Gasteiger partial charge >= 0.3 is 11.9 Å². The molecule has 0 amide bonds. The third-order valence-electron chi connectivity index (χ3n) is 2.21. The van der Waals surface area contributed by atoms with Crippen molar-refractivity contribution in [3.05, 3.63) is 23.7 Å². The second-order valence-corrected chi connectivity index (χ2v) is 3.65. The Morgan fingerprint density at radius 3 is 2.76 bits per heavy atom. The Kier molecular flexibility index (Phi) is 5.26. The maximum absolute atomic E-state index is 11.3. The fourth-order valence-corrected chi connectivity index (χ4v) is 1.25. The van der Waals surface area contributed by atoms with Gasteiger partial charge in [-0.2, -0.15) is 0 Å². The number of aryl methyl sites for hydroxylation is 1. The average Bonchev–Trinajstić information content (AvgIpc) is 2.75. The predicted octanol–water partition coefficient (Wildman–Crippen LogP) is 2.25. The van der Waals surface area contributed by atoms with Crippen molar-refractivity contribution in [3.8, 4) is 0 Å². The molecule has 1 N–H and O–H groups in total. The van der Waals surface area contributed by atoms with Gasteiger partial charge in [0.15, 0.2) is 0 Å². The number of carboxylic acids is 1. The summed E-state index contributed by atoms with van der Waals surface area (Å²) >= 11 is 0. The highest BCUT2D eigenvalue weighted by atomic mass is 16.5. The maximum Gasteiger partial charge on any atom is 0.371 e. The summed E-state index contributed by atoms with van der Waals surface area (Å²) in [6.07, 6.45) is 2.40. The van der Waals surface area contributed by atoms with Gasteiger partial charge in [0, 0.05) is 6.42 Å². The molecule has 0 spiro atoms. The van der Waals surface area contributed by atoms with Crippen LogP contribution in [0.15, 0.2) is 16.5 Å². The lowest BCUT2D eigenvalue weighted by Gasteiger charge is -2.02. The number of hydrogen-bond acceptors (Lipinski definition) is 4. The molecule has 5 nitrogen and oxygen atoms in total. The molecule has 1 aromatic heterocycles. The van der Waals surface area contributed by atoms with Crippen LogP contribution in [-0.2, 0) is 16.0 Å². The minimum Gasteiger partial charge on any atom is -0.475 e. The topological polar surface area (TPSA) is 76.7 Å². The molecule has 1 rings (SSSR count). The van der Waals surface area contributed by atoms with E-state index in [4.69, 9.17) is 14.3 Å². The first-order valence-corrected chi connectivity index (χ1v) is 5.61. The summed E-state index contributed by atoms with van der Waals surface area (Å²) in [5.41, 5.74) is 0. The van der Waals surface area contributed by atoms with Crippen LogP contribution in [-0.4, -0.2) is 23.7 Å². The van der Waals surface area contributed by atoms with Crippen LogP contribution in [0.3, 0.4) is 0 Å². The fraction of sp³-hybridized carbons (Fsp3) is 0.500. The van der Waals surface area contributed by atoms with Crippen molar-refractivity contribution in [2.24, 2.45) is 0 Å². The van der Waals surface area contributed by atoms with Crippen molar-refractivity contribution in [2.45, 2.75) is 32.6 Å². The highest BCUT2D eigenvalue weighted by molar-refractivity contribution is 5.84. The van der Waals surface area contributed by atoms with Gasteiger partial charge < -0.3 is 14.3 Å². The molecule has 94 valence electrons. The molecule has 1 aromatic rings. The molecule has 0 bridgehead atoms. The van der Waals surface area contributed by atoms with Gasteiger partial charge in [-0.1, -0.05) is 13.3 Å². The number of unbranched alkanes of at least 4 members (excludes halogenated alkanes) is 1. The molecule has 5 heteroatoms. The summed E-state index contributed by atoms with van der Waals surface area (Å²) < 4.78 is 9.98. The minimum atomic E-state index is -1.11. The lowest BCUT2D eigenvalue weighted by molar-refractivity contribution is -0.143. The standard InChI is InChI=1S/C12H16O5/c1-2-3-8-16-11(13)7-5-9-4-6-10(17-9)12(14)15/h4,6H,2-3,5,7-8H2,1H3,(H,14,15). The summed E-state index contributed by atoms with van der Waals surface area (Å²) in [6, 6.07) is 2.93. The number of furan rings is 1. The van der Waals surface area contributed by atoms with Crippen LogP contribution in [0.2, 0.25) is 0 Å². The lowest BCUT2D eigenvalue weighted by atomic mass is 10.2. The number of ether oxygens (including phenoxy) is 1. The number of carbonyl (C=O) groups excluding carboxylic acids is 1. The van der Waals surface area contributed by atoms with Crippen molar-refractivity contribution in [1.29, 1.82) is 0 Å². The van der Waals surface area contributed by atoms with E-state index in [0.717, 1.165) is 12.8 Å². The van der Waals surface area contributed by atoms with Crippen LogP contribution >= 0.6 is 0 Å². The Bertz CT molecular complexity index is 380. The number of rotatable bonds is 7. The monoisotopic (exact) mass is 240 g/mol. The average molecular weight is 240 g/mol. The molecule has 0 saturated heterocycles. The molecule has 0 unspecified atom stereocenters. The first-order valence-electron chi connectivity index (χ1n) is 5.61. The number of aromatic carboxylic acids is 1. The Hall–Kier alpha value is -1.78. The van der Waals surface area contributed by atoms with Gasteiger partial charge in [0.25, 0.3) is 0 Å². The fourth-order valence-electron chi connectivity index (χ4n) is 1.25. The Morgan fingerprint density at radius 1 is 1.41 bits per heavy atom. The molecule has 0 aliphatic rings.